The van der Waals surface area contributed by atoms with E-state index in [1.807, 2.05) is 25.1 Å². The van der Waals surface area contributed by atoms with Gasteiger partial charge < -0.3 is 9.47 Å². The maximum absolute atomic E-state index is 5.49. The summed E-state index contributed by atoms with van der Waals surface area (Å²) in [6.07, 6.45) is 0. The number of hydrazine groups is 1. The van der Waals surface area contributed by atoms with Gasteiger partial charge in [0.1, 0.15) is 5.75 Å². The standard InChI is InChI=1S/C11H17BrN2O2/c1-3-16-7-10(14-13)8-4-5-11(15-2)9(12)6-8/h4-6,10,14H,3,7,13H2,1-2H3. The van der Waals surface area contributed by atoms with Gasteiger partial charge in [-0.3, -0.25) is 11.3 Å². The topological polar surface area (TPSA) is 56.5 Å². The van der Waals surface area contributed by atoms with Crippen LogP contribution in [0.3, 0.4) is 0 Å². The molecule has 0 saturated carbocycles. The van der Waals surface area contributed by atoms with Gasteiger partial charge in [0.2, 0.25) is 0 Å². The van der Waals surface area contributed by atoms with Crippen molar-refractivity contribution in [3.63, 3.8) is 0 Å². The number of nitrogens with two attached hydrogens (primary N) is 1. The van der Waals surface area contributed by atoms with Crippen LogP contribution in [-0.4, -0.2) is 20.3 Å². The Hall–Kier alpha value is -0.620. The van der Waals surface area contributed by atoms with Crippen LogP contribution >= 0.6 is 15.9 Å². The molecule has 0 aromatic heterocycles. The maximum Gasteiger partial charge on any atom is 0.133 e. The van der Waals surface area contributed by atoms with E-state index in [1.54, 1.807) is 7.11 Å². The van der Waals surface area contributed by atoms with Crippen LogP contribution in [0.5, 0.6) is 5.75 Å². The zero-order valence-corrected chi connectivity index (χ0v) is 11.1. The monoisotopic (exact) mass is 288 g/mol. The molecule has 5 heteroatoms. The van der Waals surface area contributed by atoms with Crippen LogP contribution in [0.15, 0.2) is 22.7 Å². The Morgan fingerprint density at radius 2 is 2.25 bits per heavy atom. The first-order chi connectivity index (χ1) is 7.72. The number of hydrogen-bond donors (Lipinski definition) is 2. The van der Waals surface area contributed by atoms with Crippen LogP contribution < -0.4 is 16.0 Å². The normalized spacial score (nSPS) is 12.5. The summed E-state index contributed by atoms with van der Waals surface area (Å²) in [6.45, 7) is 3.18. The average Bonchev–Trinajstić information content (AvgIpc) is 2.30. The van der Waals surface area contributed by atoms with Crippen molar-refractivity contribution in [2.45, 2.75) is 13.0 Å². The second-order valence-electron chi connectivity index (χ2n) is 3.27. The molecule has 1 unspecified atom stereocenters. The Labute approximate surface area is 104 Å². The van der Waals surface area contributed by atoms with E-state index in [4.69, 9.17) is 15.3 Å². The van der Waals surface area contributed by atoms with Crippen molar-refractivity contribution < 1.29 is 9.47 Å². The lowest BCUT2D eigenvalue weighted by Gasteiger charge is -2.17. The smallest absolute Gasteiger partial charge is 0.133 e. The molecule has 1 aromatic carbocycles. The van der Waals surface area contributed by atoms with Gasteiger partial charge in [-0.05, 0) is 40.5 Å². The van der Waals surface area contributed by atoms with E-state index in [1.165, 1.54) is 0 Å². The highest BCUT2D eigenvalue weighted by Gasteiger charge is 2.11. The van der Waals surface area contributed by atoms with E-state index in [0.717, 1.165) is 15.8 Å². The Bertz CT molecular complexity index is 334. The molecular weight excluding hydrogens is 272 g/mol. The fraction of sp³-hybridized carbons (Fsp3) is 0.455. The molecule has 16 heavy (non-hydrogen) atoms. The summed E-state index contributed by atoms with van der Waals surface area (Å²) in [5.41, 5.74) is 3.79. The summed E-state index contributed by atoms with van der Waals surface area (Å²) < 4.78 is 11.4. The zero-order chi connectivity index (χ0) is 12.0. The molecule has 0 heterocycles. The number of methoxy groups -OCH3 is 1. The van der Waals surface area contributed by atoms with Crippen molar-refractivity contribution in [2.75, 3.05) is 20.3 Å². The lowest BCUT2D eigenvalue weighted by molar-refractivity contribution is 0.123. The van der Waals surface area contributed by atoms with Crippen LogP contribution in [-0.2, 0) is 4.74 Å². The molecule has 1 atom stereocenters. The molecule has 3 N–H and O–H groups in total. The molecule has 0 saturated heterocycles. The first-order valence-corrected chi connectivity index (χ1v) is 5.89. The van der Waals surface area contributed by atoms with Crippen molar-refractivity contribution in [3.05, 3.63) is 28.2 Å². The summed E-state index contributed by atoms with van der Waals surface area (Å²) in [5.74, 6) is 6.29. The number of benzene rings is 1. The Kier molecular flexibility index (Phi) is 5.76. The predicted molar refractivity (Wildman–Crippen MR) is 67.3 cm³/mol. The van der Waals surface area contributed by atoms with Crippen molar-refractivity contribution >= 4 is 15.9 Å². The van der Waals surface area contributed by atoms with Crippen molar-refractivity contribution in [3.8, 4) is 5.75 Å². The summed E-state index contributed by atoms with van der Waals surface area (Å²) in [5, 5.41) is 0. The highest BCUT2D eigenvalue weighted by atomic mass is 79.9. The number of ether oxygens (including phenoxy) is 2. The predicted octanol–water partition coefficient (Wildman–Crippen LogP) is 2.00. The molecule has 0 aliphatic rings. The molecule has 0 spiro atoms. The lowest BCUT2D eigenvalue weighted by atomic mass is 10.1. The lowest BCUT2D eigenvalue weighted by Crippen LogP contribution is -2.31. The van der Waals surface area contributed by atoms with E-state index in [2.05, 4.69) is 21.4 Å². The molecule has 1 aromatic rings. The summed E-state index contributed by atoms with van der Waals surface area (Å²) in [6, 6.07) is 5.83. The fourth-order valence-corrected chi connectivity index (χ4v) is 1.93. The van der Waals surface area contributed by atoms with E-state index >= 15 is 0 Å². The number of nitrogens with one attached hydrogen (secondary N) is 1. The van der Waals surface area contributed by atoms with E-state index in [9.17, 15) is 0 Å². The highest BCUT2D eigenvalue weighted by molar-refractivity contribution is 9.10. The SMILES string of the molecule is CCOCC(NN)c1ccc(OC)c(Br)c1. The van der Waals surface area contributed by atoms with Gasteiger partial charge in [0.05, 0.1) is 24.2 Å². The Morgan fingerprint density at radius 1 is 1.50 bits per heavy atom. The first-order valence-electron chi connectivity index (χ1n) is 5.10. The van der Waals surface area contributed by atoms with Crippen LogP contribution in [0.1, 0.15) is 18.5 Å². The van der Waals surface area contributed by atoms with Gasteiger partial charge in [0.25, 0.3) is 0 Å². The first kappa shape index (κ1) is 13.4. The average molecular weight is 289 g/mol. The third-order valence-electron chi connectivity index (χ3n) is 2.27. The molecule has 0 amide bonds. The molecule has 1 rings (SSSR count). The van der Waals surface area contributed by atoms with Gasteiger partial charge in [-0.15, -0.1) is 0 Å². The largest absolute Gasteiger partial charge is 0.496 e. The van der Waals surface area contributed by atoms with Crippen LogP contribution in [0.4, 0.5) is 0 Å². The number of halogens is 1. The van der Waals surface area contributed by atoms with Gasteiger partial charge in [0, 0.05) is 6.61 Å². The van der Waals surface area contributed by atoms with E-state index < -0.39 is 0 Å². The van der Waals surface area contributed by atoms with Crippen molar-refractivity contribution in [1.29, 1.82) is 0 Å². The Balaban J connectivity index is 2.80. The van der Waals surface area contributed by atoms with Crippen LogP contribution in [0.25, 0.3) is 0 Å². The van der Waals surface area contributed by atoms with Crippen molar-refractivity contribution in [1.82, 2.24) is 5.43 Å². The zero-order valence-electron chi connectivity index (χ0n) is 9.50. The van der Waals surface area contributed by atoms with Gasteiger partial charge in [0.15, 0.2) is 0 Å². The van der Waals surface area contributed by atoms with Crippen LogP contribution in [0, 0.1) is 0 Å². The Morgan fingerprint density at radius 3 is 2.75 bits per heavy atom. The molecule has 0 aliphatic heterocycles. The summed E-state index contributed by atoms with van der Waals surface area (Å²) >= 11 is 3.44. The molecule has 4 nitrogen and oxygen atoms in total. The van der Waals surface area contributed by atoms with Gasteiger partial charge in [-0.2, -0.15) is 0 Å². The number of hydrogen-bond acceptors (Lipinski definition) is 4. The fourth-order valence-electron chi connectivity index (χ4n) is 1.38. The number of rotatable bonds is 6. The second kappa shape index (κ2) is 6.85. The van der Waals surface area contributed by atoms with Gasteiger partial charge >= 0.3 is 0 Å². The third kappa shape index (κ3) is 3.45. The van der Waals surface area contributed by atoms with Gasteiger partial charge in [-0.25, -0.2) is 0 Å². The highest BCUT2D eigenvalue weighted by Crippen LogP contribution is 2.27. The van der Waals surface area contributed by atoms with Gasteiger partial charge in [-0.1, -0.05) is 6.07 Å². The summed E-state index contributed by atoms with van der Waals surface area (Å²) in [4.78, 5) is 0. The molecule has 0 fully saturated rings. The molecule has 0 radical (unpaired) electrons. The minimum Gasteiger partial charge on any atom is -0.496 e. The summed E-state index contributed by atoms with van der Waals surface area (Å²) in [7, 11) is 1.64. The molecule has 0 aliphatic carbocycles. The van der Waals surface area contributed by atoms with Crippen molar-refractivity contribution in [2.24, 2.45) is 5.84 Å². The molecule has 90 valence electrons. The van der Waals surface area contributed by atoms with E-state index in [0.29, 0.717) is 13.2 Å². The minimum atomic E-state index is -0.0119. The van der Waals surface area contributed by atoms with Crippen LogP contribution in [0.2, 0.25) is 0 Å². The van der Waals surface area contributed by atoms with E-state index in [-0.39, 0.29) is 6.04 Å². The maximum atomic E-state index is 5.49. The molecule has 0 bridgehead atoms. The second-order valence-corrected chi connectivity index (χ2v) is 4.13. The molecular formula is C11H17BrN2O2. The quantitative estimate of drug-likeness (QED) is 0.621. The third-order valence-corrected chi connectivity index (χ3v) is 2.89. The minimum absolute atomic E-state index is 0.0119.